The maximum absolute atomic E-state index is 11.3. The van der Waals surface area contributed by atoms with Crippen molar-refractivity contribution in [1.82, 2.24) is 0 Å². The number of cyclic esters (lactones) is 1. The Kier molecular flexibility index (Phi) is 2.37. The van der Waals surface area contributed by atoms with Crippen LogP contribution in [0.15, 0.2) is 18.2 Å². The summed E-state index contributed by atoms with van der Waals surface area (Å²) >= 11 is 0. The topological polar surface area (TPSA) is 64.8 Å². The largest absolute Gasteiger partial charge is 0.494 e. The fraction of sp³-hybridized carbons (Fsp3) is 0.300. The van der Waals surface area contributed by atoms with Crippen molar-refractivity contribution < 1.29 is 14.3 Å². The van der Waals surface area contributed by atoms with Crippen molar-refractivity contribution in [3.05, 3.63) is 18.2 Å². The summed E-state index contributed by atoms with van der Waals surface area (Å²) in [6.07, 6.45) is -0.349. The molecule has 80 valence electrons. The van der Waals surface area contributed by atoms with Crippen LogP contribution in [0, 0.1) is 0 Å². The maximum atomic E-state index is 11.3. The van der Waals surface area contributed by atoms with E-state index in [1.807, 2.05) is 0 Å². The Morgan fingerprint density at radius 2 is 2.33 bits per heavy atom. The highest BCUT2D eigenvalue weighted by molar-refractivity contribution is 5.91. The van der Waals surface area contributed by atoms with Gasteiger partial charge >= 0.3 is 6.09 Å². The van der Waals surface area contributed by atoms with E-state index >= 15 is 0 Å². The smallest absolute Gasteiger partial charge is 0.414 e. The molecule has 2 rings (SSSR count). The van der Waals surface area contributed by atoms with E-state index in [9.17, 15) is 4.79 Å². The third kappa shape index (κ3) is 1.68. The molecule has 0 bridgehead atoms. The second-order valence-electron chi connectivity index (χ2n) is 3.20. The van der Waals surface area contributed by atoms with Gasteiger partial charge in [0, 0.05) is 11.8 Å². The molecule has 0 aliphatic carbocycles. The monoisotopic (exact) mass is 208 g/mol. The van der Waals surface area contributed by atoms with Gasteiger partial charge in [0.2, 0.25) is 0 Å². The van der Waals surface area contributed by atoms with Gasteiger partial charge in [0.25, 0.3) is 0 Å². The maximum Gasteiger partial charge on any atom is 0.414 e. The second kappa shape index (κ2) is 3.68. The number of carbonyl (C=O) groups excluding carboxylic acids is 1. The molecule has 0 atom stereocenters. The van der Waals surface area contributed by atoms with E-state index in [-0.39, 0.29) is 6.09 Å². The number of nitrogens with two attached hydrogens (primary N) is 1. The molecular formula is C10H12N2O3. The van der Waals surface area contributed by atoms with Gasteiger partial charge in [-0.2, -0.15) is 0 Å². The predicted octanol–water partition coefficient (Wildman–Crippen LogP) is 1.23. The Bertz CT molecular complexity index is 392. The van der Waals surface area contributed by atoms with Crippen molar-refractivity contribution in [2.45, 2.75) is 0 Å². The van der Waals surface area contributed by atoms with Crippen molar-refractivity contribution in [2.75, 3.05) is 30.9 Å². The number of methoxy groups -OCH3 is 1. The lowest BCUT2D eigenvalue weighted by Gasteiger charge is -2.16. The summed E-state index contributed by atoms with van der Waals surface area (Å²) in [5.74, 6) is 0.578. The number of nitrogens with zero attached hydrogens (tertiary/aromatic N) is 1. The molecule has 1 fully saturated rings. The van der Waals surface area contributed by atoms with Crippen molar-refractivity contribution in [3.8, 4) is 5.75 Å². The van der Waals surface area contributed by atoms with Crippen molar-refractivity contribution in [1.29, 1.82) is 0 Å². The number of carbonyl (C=O) groups is 1. The highest BCUT2D eigenvalue weighted by Crippen LogP contribution is 2.31. The molecular weight excluding hydrogens is 196 g/mol. The highest BCUT2D eigenvalue weighted by Gasteiger charge is 2.26. The van der Waals surface area contributed by atoms with Crippen LogP contribution in [0.3, 0.4) is 0 Å². The van der Waals surface area contributed by atoms with E-state index < -0.39 is 0 Å². The summed E-state index contributed by atoms with van der Waals surface area (Å²) in [7, 11) is 1.54. The molecule has 1 aliphatic rings. The van der Waals surface area contributed by atoms with Crippen molar-refractivity contribution >= 4 is 17.5 Å². The summed E-state index contributed by atoms with van der Waals surface area (Å²) in [4.78, 5) is 12.9. The molecule has 0 aromatic heterocycles. The van der Waals surface area contributed by atoms with Crippen LogP contribution in [0.1, 0.15) is 0 Å². The minimum Gasteiger partial charge on any atom is -0.494 e. The number of rotatable bonds is 2. The van der Waals surface area contributed by atoms with Gasteiger partial charge < -0.3 is 15.2 Å². The number of anilines is 2. The minimum atomic E-state index is -0.349. The molecule has 5 nitrogen and oxygen atoms in total. The van der Waals surface area contributed by atoms with Gasteiger partial charge in [0.15, 0.2) is 0 Å². The molecule has 0 saturated carbocycles. The van der Waals surface area contributed by atoms with Crippen molar-refractivity contribution in [3.63, 3.8) is 0 Å². The van der Waals surface area contributed by atoms with Crippen molar-refractivity contribution in [2.24, 2.45) is 0 Å². The summed E-state index contributed by atoms with van der Waals surface area (Å²) in [5.41, 5.74) is 6.91. The van der Waals surface area contributed by atoms with Crippen LogP contribution in [0.5, 0.6) is 5.75 Å². The van der Waals surface area contributed by atoms with E-state index in [1.165, 1.54) is 4.90 Å². The molecule has 15 heavy (non-hydrogen) atoms. The second-order valence-corrected chi connectivity index (χ2v) is 3.20. The van der Waals surface area contributed by atoms with E-state index in [1.54, 1.807) is 25.3 Å². The molecule has 5 heteroatoms. The first-order valence-electron chi connectivity index (χ1n) is 4.60. The van der Waals surface area contributed by atoms with E-state index in [2.05, 4.69) is 0 Å². The molecule has 2 N–H and O–H groups in total. The molecule has 1 aromatic rings. The minimum absolute atomic E-state index is 0.349. The zero-order valence-electron chi connectivity index (χ0n) is 8.40. The SMILES string of the molecule is COc1cc(N)ccc1N1CCOC1=O. The molecule has 1 heterocycles. The Balaban J connectivity index is 2.38. The van der Waals surface area contributed by atoms with Gasteiger partial charge in [-0.05, 0) is 12.1 Å². The first-order chi connectivity index (χ1) is 7.22. The van der Waals surface area contributed by atoms with Crippen LogP contribution >= 0.6 is 0 Å². The molecule has 1 aromatic carbocycles. The summed E-state index contributed by atoms with van der Waals surface area (Å²) in [6, 6.07) is 5.16. The van der Waals surface area contributed by atoms with Gasteiger partial charge in [-0.25, -0.2) is 4.79 Å². The summed E-state index contributed by atoms with van der Waals surface area (Å²) < 4.78 is 10.0. The lowest BCUT2D eigenvalue weighted by Crippen LogP contribution is -2.23. The number of benzene rings is 1. The average Bonchev–Trinajstić information content (AvgIpc) is 2.64. The Hall–Kier alpha value is -1.91. The number of amides is 1. The third-order valence-electron chi connectivity index (χ3n) is 2.26. The average molecular weight is 208 g/mol. The summed E-state index contributed by atoms with van der Waals surface area (Å²) in [5, 5.41) is 0. The Labute approximate surface area is 87.4 Å². The third-order valence-corrected chi connectivity index (χ3v) is 2.26. The van der Waals surface area contributed by atoms with E-state index in [4.69, 9.17) is 15.2 Å². The van der Waals surface area contributed by atoms with Gasteiger partial charge in [-0.3, -0.25) is 4.90 Å². The van der Waals surface area contributed by atoms with Crippen LogP contribution in [-0.2, 0) is 4.74 Å². The molecule has 1 amide bonds. The first kappa shape index (κ1) is 9.64. The number of hydrogen-bond acceptors (Lipinski definition) is 4. The lowest BCUT2D eigenvalue weighted by molar-refractivity contribution is 0.181. The van der Waals surface area contributed by atoms with E-state index in [0.717, 1.165) is 0 Å². The van der Waals surface area contributed by atoms with Crippen LogP contribution in [-0.4, -0.2) is 26.4 Å². The highest BCUT2D eigenvalue weighted by atomic mass is 16.6. The van der Waals surface area contributed by atoms with Crippen LogP contribution in [0.25, 0.3) is 0 Å². The molecule has 0 unspecified atom stereocenters. The number of hydrogen-bond donors (Lipinski definition) is 1. The molecule has 1 aliphatic heterocycles. The molecule has 1 saturated heterocycles. The zero-order valence-corrected chi connectivity index (χ0v) is 8.40. The normalized spacial score (nSPS) is 15.3. The van der Waals surface area contributed by atoms with Gasteiger partial charge in [0.1, 0.15) is 12.4 Å². The quantitative estimate of drug-likeness (QED) is 0.742. The van der Waals surface area contributed by atoms with E-state index in [0.29, 0.717) is 30.3 Å². The Morgan fingerprint density at radius 1 is 1.53 bits per heavy atom. The van der Waals surface area contributed by atoms with Gasteiger partial charge in [0.05, 0.1) is 19.3 Å². The summed E-state index contributed by atoms with van der Waals surface area (Å²) in [6.45, 7) is 0.950. The van der Waals surface area contributed by atoms with Crippen LogP contribution in [0.2, 0.25) is 0 Å². The number of ether oxygens (including phenoxy) is 2. The Morgan fingerprint density at radius 3 is 2.93 bits per heavy atom. The van der Waals surface area contributed by atoms with Gasteiger partial charge in [-0.15, -0.1) is 0 Å². The van der Waals surface area contributed by atoms with Crippen LogP contribution < -0.4 is 15.4 Å². The zero-order chi connectivity index (χ0) is 10.8. The standard InChI is InChI=1S/C10H12N2O3/c1-14-9-6-7(11)2-3-8(9)12-4-5-15-10(12)13/h2-3,6H,4-5,11H2,1H3. The number of nitrogen functional groups attached to an aromatic ring is 1. The predicted molar refractivity (Wildman–Crippen MR) is 56.1 cm³/mol. The fourth-order valence-corrected chi connectivity index (χ4v) is 1.53. The van der Waals surface area contributed by atoms with Gasteiger partial charge in [-0.1, -0.05) is 0 Å². The first-order valence-corrected chi connectivity index (χ1v) is 4.60. The fourth-order valence-electron chi connectivity index (χ4n) is 1.53. The molecule has 0 spiro atoms. The molecule has 0 radical (unpaired) electrons. The van der Waals surface area contributed by atoms with Crippen LogP contribution in [0.4, 0.5) is 16.2 Å². The lowest BCUT2D eigenvalue weighted by atomic mass is 10.2.